The van der Waals surface area contributed by atoms with Crippen molar-refractivity contribution in [3.8, 4) is 17.6 Å². The summed E-state index contributed by atoms with van der Waals surface area (Å²) in [6, 6.07) is 7.61. The molecule has 186 valence electrons. The largest absolute Gasteiger partial charge is 0.454 e. The fraction of sp³-hybridized carbons (Fsp3) is 0.360. The van der Waals surface area contributed by atoms with E-state index in [1.54, 1.807) is 22.5 Å². The average molecular weight is 525 g/mol. The summed E-state index contributed by atoms with van der Waals surface area (Å²) in [5.74, 6) is 1.80. The van der Waals surface area contributed by atoms with Crippen LogP contribution in [0, 0.1) is 18.3 Å². The fourth-order valence-electron chi connectivity index (χ4n) is 4.54. The van der Waals surface area contributed by atoms with Gasteiger partial charge in [0.05, 0.1) is 24.7 Å². The first-order chi connectivity index (χ1) is 17.4. The molecule has 0 spiro atoms. The second-order valence-electron chi connectivity index (χ2n) is 8.45. The molecule has 11 heteroatoms. The molecule has 5 rings (SSSR count). The van der Waals surface area contributed by atoms with Crippen molar-refractivity contribution in [3.63, 3.8) is 0 Å². The van der Waals surface area contributed by atoms with Gasteiger partial charge in [-0.15, -0.1) is 0 Å². The molecule has 3 aliphatic heterocycles. The Kier molecular flexibility index (Phi) is 6.75. The Hall–Kier alpha value is -3.33. The fourth-order valence-corrected chi connectivity index (χ4v) is 5.78. The second-order valence-corrected chi connectivity index (χ2v) is 10.1. The predicted molar refractivity (Wildman–Crippen MR) is 140 cm³/mol. The number of nitrogens with zero attached hydrogens (tertiary/aromatic N) is 4. The first-order valence-electron chi connectivity index (χ1n) is 11.6. The number of amides is 1. The molecular formula is C25H24N4O5S2. The Balaban J connectivity index is 1.54. The van der Waals surface area contributed by atoms with Crippen LogP contribution in [-0.4, -0.2) is 52.8 Å². The molecule has 0 N–H and O–H groups in total. The molecule has 0 aliphatic carbocycles. The highest BCUT2D eigenvalue weighted by Gasteiger charge is 2.34. The third-order valence-electron chi connectivity index (χ3n) is 6.40. The van der Waals surface area contributed by atoms with Crippen LogP contribution in [0.5, 0.6) is 11.5 Å². The smallest absolute Gasteiger partial charge is 0.270 e. The van der Waals surface area contributed by atoms with E-state index in [0.29, 0.717) is 77.1 Å². The predicted octanol–water partition coefficient (Wildman–Crippen LogP) is 3.02. The molecule has 3 aliphatic rings. The molecule has 1 aromatic carbocycles. The van der Waals surface area contributed by atoms with Crippen molar-refractivity contribution in [1.82, 2.24) is 9.47 Å². The van der Waals surface area contributed by atoms with Gasteiger partial charge >= 0.3 is 0 Å². The summed E-state index contributed by atoms with van der Waals surface area (Å²) in [7, 11) is 0. The number of hydrogen-bond acceptors (Lipinski definition) is 9. The van der Waals surface area contributed by atoms with Gasteiger partial charge in [-0.2, -0.15) is 5.26 Å². The van der Waals surface area contributed by atoms with Crippen LogP contribution in [-0.2, 0) is 22.6 Å². The number of carbonyl (C=O) groups excluding carboxylic acids is 1. The minimum atomic E-state index is -0.327. The molecule has 1 amide bonds. The van der Waals surface area contributed by atoms with Gasteiger partial charge in [0.1, 0.15) is 21.8 Å². The van der Waals surface area contributed by atoms with Crippen molar-refractivity contribution < 1.29 is 19.0 Å². The number of benzene rings is 1. The van der Waals surface area contributed by atoms with E-state index in [2.05, 4.69) is 11.0 Å². The Morgan fingerprint density at radius 1 is 1.19 bits per heavy atom. The van der Waals surface area contributed by atoms with E-state index < -0.39 is 0 Å². The van der Waals surface area contributed by atoms with Crippen LogP contribution in [0.2, 0.25) is 0 Å². The maximum atomic E-state index is 13.5. The van der Waals surface area contributed by atoms with Crippen molar-refractivity contribution in [3.05, 3.63) is 55.7 Å². The van der Waals surface area contributed by atoms with E-state index in [1.165, 1.54) is 11.8 Å². The van der Waals surface area contributed by atoms with Crippen molar-refractivity contribution in [2.45, 2.75) is 26.9 Å². The molecule has 9 nitrogen and oxygen atoms in total. The van der Waals surface area contributed by atoms with E-state index in [-0.39, 0.29) is 23.8 Å². The van der Waals surface area contributed by atoms with E-state index in [0.717, 1.165) is 5.56 Å². The summed E-state index contributed by atoms with van der Waals surface area (Å²) < 4.78 is 18.4. The van der Waals surface area contributed by atoms with Gasteiger partial charge in [-0.3, -0.25) is 19.1 Å². The van der Waals surface area contributed by atoms with Gasteiger partial charge < -0.3 is 19.1 Å². The summed E-state index contributed by atoms with van der Waals surface area (Å²) in [4.78, 5) is 30.6. The van der Waals surface area contributed by atoms with Gasteiger partial charge in [-0.05, 0) is 43.2 Å². The summed E-state index contributed by atoms with van der Waals surface area (Å²) >= 11 is 6.77. The highest BCUT2D eigenvalue weighted by Crippen LogP contribution is 2.38. The third kappa shape index (κ3) is 4.25. The van der Waals surface area contributed by atoms with E-state index >= 15 is 0 Å². The zero-order chi connectivity index (χ0) is 25.4. The Labute approximate surface area is 217 Å². The normalized spacial score (nSPS) is 18.3. The third-order valence-corrected chi connectivity index (χ3v) is 7.78. The molecule has 2 saturated heterocycles. The topological polar surface area (TPSA) is 97.0 Å². The van der Waals surface area contributed by atoms with Crippen LogP contribution in [0.15, 0.2) is 27.9 Å². The standard InChI is InChI=1S/C25H24N4O5S2/c1-3-28-22(27-6-8-32-9-7-27)17(15(2)18(12-26)23(28)30)11-21-24(31)29(25(35)36-21)13-16-4-5-19-20(10-16)34-14-33-19/h4-5,10-11H,3,6-9,13-14H2,1-2H3. The number of anilines is 1. The minimum Gasteiger partial charge on any atom is -0.454 e. The second kappa shape index (κ2) is 9.97. The van der Waals surface area contributed by atoms with Crippen molar-refractivity contribution >= 4 is 46.1 Å². The molecule has 0 bridgehead atoms. The molecule has 1 aromatic heterocycles. The zero-order valence-electron chi connectivity index (χ0n) is 19.9. The molecule has 36 heavy (non-hydrogen) atoms. The first-order valence-corrected chi connectivity index (χ1v) is 12.8. The van der Waals surface area contributed by atoms with E-state index in [1.807, 2.05) is 25.1 Å². The maximum Gasteiger partial charge on any atom is 0.270 e. The SMILES string of the molecule is CCn1c(N2CCOCC2)c(C=C2SC(=S)N(Cc3ccc4c(c3)OCO4)C2=O)c(C)c(C#N)c1=O. The van der Waals surface area contributed by atoms with Crippen LogP contribution < -0.4 is 19.9 Å². The minimum absolute atomic E-state index is 0.0796. The van der Waals surface area contributed by atoms with E-state index in [4.69, 9.17) is 26.4 Å². The lowest BCUT2D eigenvalue weighted by atomic mass is 10.0. The number of rotatable bonds is 5. The number of morpholine rings is 1. The number of fused-ring (bicyclic) bond motifs is 1. The Morgan fingerprint density at radius 2 is 1.94 bits per heavy atom. The van der Waals surface area contributed by atoms with Gasteiger partial charge in [0, 0.05) is 25.2 Å². The van der Waals surface area contributed by atoms with Crippen molar-refractivity contribution in [2.75, 3.05) is 38.0 Å². The monoisotopic (exact) mass is 524 g/mol. The lowest BCUT2D eigenvalue weighted by Gasteiger charge is -2.33. The number of hydrogen-bond donors (Lipinski definition) is 0. The number of thioether (sulfide) groups is 1. The van der Waals surface area contributed by atoms with Gasteiger partial charge in [-0.25, -0.2) is 0 Å². The average Bonchev–Trinajstić information content (AvgIpc) is 3.46. The maximum absolute atomic E-state index is 13.5. The number of ether oxygens (including phenoxy) is 3. The lowest BCUT2D eigenvalue weighted by molar-refractivity contribution is -0.122. The number of nitriles is 1. The van der Waals surface area contributed by atoms with Crippen LogP contribution >= 0.6 is 24.0 Å². The molecule has 0 atom stereocenters. The Bertz CT molecular complexity index is 1390. The van der Waals surface area contributed by atoms with Crippen LogP contribution in [0.25, 0.3) is 6.08 Å². The highest BCUT2D eigenvalue weighted by atomic mass is 32.2. The highest BCUT2D eigenvalue weighted by molar-refractivity contribution is 8.26. The number of thiocarbonyl (C=S) groups is 1. The molecular weight excluding hydrogens is 500 g/mol. The zero-order valence-corrected chi connectivity index (χ0v) is 21.5. The molecule has 2 aromatic rings. The van der Waals surface area contributed by atoms with Crippen molar-refractivity contribution in [1.29, 1.82) is 5.26 Å². The molecule has 0 unspecified atom stereocenters. The lowest BCUT2D eigenvalue weighted by Crippen LogP contribution is -2.41. The van der Waals surface area contributed by atoms with Crippen LogP contribution in [0.4, 0.5) is 5.82 Å². The van der Waals surface area contributed by atoms with Gasteiger partial charge in [0.25, 0.3) is 11.5 Å². The first kappa shape index (κ1) is 24.4. The van der Waals surface area contributed by atoms with Crippen LogP contribution in [0.1, 0.15) is 29.2 Å². The molecule has 0 saturated carbocycles. The molecule has 2 fully saturated rings. The van der Waals surface area contributed by atoms with E-state index in [9.17, 15) is 14.9 Å². The summed E-state index contributed by atoms with van der Waals surface area (Å²) in [6.07, 6.45) is 1.77. The summed E-state index contributed by atoms with van der Waals surface area (Å²) in [6.45, 7) is 6.78. The number of pyridine rings is 1. The molecule has 4 heterocycles. The molecule has 0 radical (unpaired) electrons. The van der Waals surface area contributed by atoms with Gasteiger partial charge in [-0.1, -0.05) is 30.0 Å². The summed E-state index contributed by atoms with van der Waals surface area (Å²) in [5, 5.41) is 9.73. The summed E-state index contributed by atoms with van der Waals surface area (Å²) in [5.41, 5.74) is 1.85. The van der Waals surface area contributed by atoms with Crippen molar-refractivity contribution in [2.24, 2.45) is 0 Å². The number of carbonyl (C=O) groups is 1. The Morgan fingerprint density at radius 3 is 2.67 bits per heavy atom. The number of aromatic nitrogens is 1. The van der Waals surface area contributed by atoms with Crippen LogP contribution in [0.3, 0.4) is 0 Å². The quantitative estimate of drug-likeness (QED) is 0.432. The van der Waals surface area contributed by atoms with Gasteiger partial charge in [0.15, 0.2) is 11.5 Å². The van der Waals surface area contributed by atoms with Gasteiger partial charge in [0.2, 0.25) is 6.79 Å².